The zero-order chi connectivity index (χ0) is 24.7. The monoisotopic (exact) mass is 519 g/mol. The molecule has 10 heteroatoms. The van der Waals surface area contributed by atoms with Crippen LogP contribution in [-0.4, -0.2) is 32.3 Å². The van der Waals surface area contributed by atoms with E-state index in [1.54, 1.807) is 12.1 Å². The van der Waals surface area contributed by atoms with E-state index in [1.807, 2.05) is 55.7 Å². The third-order valence-corrected chi connectivity index (χ3v) is 6.65. The predicted octanol–water partition coefficient (Wildman–Crippen LogP) is 5.14. The second kappa shape index (κ2) is 12.2. The van der Waals surface area contributed by atoms with Gasteiger partial charge >= 0.3 is 0 Å². The number of hydrogen-bond donors (Lipinski definition) is 2. The molecule has 2 amide bonds. The Bertz CT molecular complexity index is 1140. The Morgan fingerprint density at radius 2 is 1.82 bits per heavy atom. The molecule has 3 rings (SSSR count). The average molecular weight is 520 g/mol. The van der Waals surface area contributed by atoms with Gasteiger partial charge in [0.15, 0.2) is 11.0 Å². The minimum absolute atomic E-state index is 0.0385. The second-order valence-electron chi connectivity index (χ2n) is 7.96. The van der Waals surface area contributed by atoms with Crippen LogP contribution in [0.4, 0.5) is 0 Å². The summed E-state index contributed by atoms with van der Waals surface area (Å²) in [5, 5.41) is 15.9. The molecule has 180 valence electrons. The van der Waals surface area contributed by atoms with E-state index in [2.05, 4.69) is 20.8 Å². The molecule has 2 N–H and O–H groups in total. The van der Waals surface area contributed by atoms with Crippen LogP contribution < -0.4 is 10.6 Å². The standard InChI is InChI=1S/C24H27Cl2N5O2S/c1-4-31-22(21(15(2)3)28-23(33)18-11-10-17(25)12-19(18)26)29-30-24(31)34-14-20(32)27-13-16-8-6-5-7-9-16/h5-12,15,21H,4,13-14H2,1-3H3,(H,27,32)(H,28,33)/t21-/m0/s1. The van der Waals surface area contributed by atoms with Crippen molar-refractivity contribution in [3.8, 4) is 0 Å². The first-order chi connectivity index (χ1) is 16.3. The summed E-state index contributed by atoms with van der Waals surface area (Å²) in [7, 11) is 0. The van der Waals surface area contributed by atoms with E-state index in [0.717, 1.165) is 5.56 Å². The number of halogens is 2. The van der Waals surface area contributed by atoms with Crippen molar-refractivity contribution in [3.05, 3.63) is 75.5 Å². The molecule has 0 aliphatic rings. The van der Waals surface area contributed by atoms with Crippen molar-refractivity contribution in [3.63, 3.8) is 0 Å². The average Bonchev–Trinajstić information content (AvgIpc) is 3.22. The number of nitrogens with zero attached hydrogens (tertiary/aromatic N) is 3. The normalized spacial score (nSPS) is 11.9. The Morgan fingerprint density at radius 1 is 1.09 bits per heavy atom. The molecule has 0 unspecified atom stereocenters. The van der Waals surface area contributed by atoms with Gasteiger partial charge in [0, 0.05) is 18.1 Å². The van der Waals surface area contributed by atoms with Crippen LogP contribution in [0, 0.1) is 5.92 Å². The van der Waals surface area contributed by atoms with E-state index < -0.39 is 6.04 Å². The largest absolute Gasteiger partial charge is 0.351 e. The Balaban J connectivity index is 1.68. The summed E-state index contributed by atoms with van der Waals surface area (Å²) < 4.78 is 1.92. The Labute approximate surface area is 213 Å². The van der Waals surface area contributed by atoms with E-state index in [9.17, 15) is 9.59 Å². The summed E-state index contributed by atoms with van der Waals surface area (Å²) in [5.41, 5.74) is 1.38. The quantitative estimate of drug-likeness (QED) is 0.362. The fourth-order valence-electron chi connectivity index (χ4n) is 3.33. The SMILES string of the molecule is CCn1c(SCC(=O)NCc2ccccc2)nnc1[C@@H](NC(=O)c1ccc(Cl)cc1Cl)C(C)C. The molecule has 0 aliphatic carbocycles. The number of carbonyl (C=O) groups excluding carboxylic acids is 2. The van der Waals surface area contributed by atoms with E-state index >= 15 is 0 Å². The van der Waals surface area contributed by atoms with Crippen molar-refractivity contribution in [2.45, 2.75) is 45.1 Å². The molecule has 1 aromatic heterocycles. The highest BCUT2D eigenvalue weighted by molar-refractivity contribution is 7.99. The van der Waals surface area contributed by atoms with Crippen LogP contribution in [0.2, 0.25) is 10.0 Å². The van der Waals surface area contributed by atoms with Gasteiger partial charge in [0.05, 0.1) is 22.4 Å². The second-order valence-corrected chi connectivity index (χ2v) is 9.74. The fourth-order valence-corrected chi connectivity index (χ4v) is 4.67. The summed E-state index contributed by atoms with van der Waals surface area (Å²) in [6.07, 6.45) is 0. The van der Waals surface area contributed by atoms with Crippen LogP contribution in [0.15, 0.2) is 53.7 Å². The lowest BCUT2D eigenvalue weighted by Gasteiger charge is -2.22. The lowest BCUT2D eigenvalue weighted by Crippen LogP contribution is -2.34. The molecule has 0 saturated carbocycles. The number of thioether (sulfide) groups is 1. The molecule has 34 heavy (non-hydrogen) atoms. The van der Waals surface area contributed by atoms with Crippen LogP contribution >= 0.6 is 35.0 Å². The van der Waals surface area contributed by atoms with Crippen molar-refractivity contribution in [2.24, 2.45) is 5.92 Å². The Morgan fingerprint density at radius 3 is 2.47 bits per heavy atom. The number of hydrogen-bond acceptors (Lipinski definition) is 5. The molecule has 0 spiro atoms. The van der Waals surface area contributed by atoms with E-state index in [4.69, 9.17) is 23.2 Å². The number of aromatic nitrogens is 3. The van der Waals surface area contributed by atoms with Gasteiger partial charge in [0.1, 0.15) is 0 Å². The molecule has 7 nitrogen and oxygen atoms in total. The number of amides is 2. The van der Waals surface area contributed by atoms with Crippen LogP contribution in [0.3, 0.4) is 0 Å². The van der Waals surface area contributed by atoms with Crippen molar-refractivity contribution in [1.29, 1.82) is 0 Å². The minimum atomic E-state index is -0.395. The first kappa shape index (κ1) is 26.1. The zero-order valence-corrected chi connectivity index (χ0v) is 21.5. The van der Waals surface area contributed by atoms with Gasteiger partial charge in [-0.15, -0.1) is 10.2 Å². The lowest BCUT2D eigenvalue weighted by atomic mass is 10.0. The third-order valence-electron chi connectivity index (χ3n) is 5.13. The lowest BCUT2D eigenvalue weighted by molar-refractivity contribution is -0.118. The first-order valence-corrected chi connectivity index (χ1v) is 12.7. The van der Waals surface area contributed by atoms with E-state index in [1.165, 1.54) is 17.8 Å². The smallest absolute Gasteiger partial charge is 0.253 e. The maximum absolute atomic E-state index is 12.9. The molecular weight excluding hydrogens is 493 g/mol. The topological polar surface area (TPSA) is 88.9 Å². The number of benzene rings is 2. The molecule has 1 atom stereocenters. The Kier molecular flexibility index (Phi) is 9.38. The van der Waals surface area contributed by atoms with Crippen molar-refractivity contribution >= 4 is 46.8 Å². The molecule has 2 aromatic carbocycles. The first-order valence-electron chi connectivity index (χ1n) is 10.9. The number of rotatable bonds is 10. The number of carbonyl (C=O) groups is 2. The summed E-state index contributed by atoms with van der Waals surface area (Å²) in [5.74, 6) is 0.469. The summed E-state index contributed by atoms with van der Waals surface area (Å²) in [4.78, 5) is 25.2. The van der Waals surface area contributed by atoms with Crippen LogP contribution in [0.25, 0.3) is 0 Å². The zero-order valence-electron chi connectivity index (χ0n) is 19.2. The predicted molar refractivity (Wildman–Crippen MR) is 136 cm³/mol. The molecule has 0 radical (unpaired) electrons. The molecule has 0 saturated heterocycles. The Hall–Kier alpha value is -2.55. The van der Waals surface area contributed by atoms with Gasteiger partial charge < -0.3 is 15.2 Å². The minimum Gasteiger partial charge on any atom is -0.351 e. The van der Waals surface area contributed by atoms with Crippen molar-refractivity contribution < 1.29 is 9.59 Å². The van der Waals surface area contributed by atoms with Crippen LogP contribution in [-0.2, 0) is 17.9 Å². The fraction of sp³-hybridized carbons (Fsp3) is 0.333. The van der Waals surface area contributed by atoms with Gasteiger partial charge in [-0.1, -0.05) is 79.1 Å². The van der Waals surface area contributed by atoms with Gasteiger partial charge in [-0.25, -0.2) is 0 Å². The molecule has 0 aliphatic heterocycles. The maximum Gasteiger partial charge on any atom is 0.253 e. The van der Waals surface area contributed by atoms with E-state index in [-0.39, 0.29) is 28.5 Å². The summed E-state index contributed by atoms with van der Waals surface area (Å²) in [6, 6.07) is 14.1. The van der Waals surface area contributed by atoms with Crippen LogP contribution in [0.5, 0.6) is 0 Å². The highest BCUT2D eigenvalue weighted by Crippen LogP contribution is 2.27. The van der Waals surface area contributed by atoms with Crippen LogP contribution in [0.1, 0.15) is 48.6 Å². The van der Waals surface area contributed by atoms with Gasteiger partial charge in [-0.2, -0.15) is 0 Å². The van der Waals surface area contributed by atoms with Crippen molar-refractivity contribution in [1.82, 2.24) is 25.4 Å². The van der Waals surface area contributed by atoms with Gasteiger partial charge in [0.2, 0.25) is 5.91 Å². The van der Waals surface area contributed by atoms with Gasteiger partial charge in [-0.05, 0) is 36.6 Å². The molecule has 0 fully saturated rings. The summed E-state index contributed by atoms with van der Waals surface area (Å²) in [6.45, 7) is 7.03. The molecular formula is C24H27Cl2N5O2S. The maximum atomic E-state index is 12.9. The van der Waals surface area contributed by atoms with Gasteiger partial charge in [0.25, 0.3) is 5.91 Å². The number of nitrogens with one attached hydrogen (secondary N) is 2. The highest BCUT2D eigenvalue weighted by Gasteiger charge is 2.27. The van der Waals surface area contributed by atoms with E-state index in [0.29, 0.717) is 34.7 Å². The molecule has 3 aromatic rings. The molecule has 1 heterocycles. The highest BCUT2D eigenvalue weighted by atomic mass is 35.5. The summed E-state index contributed by atoms with van der Waals surface area (Å²) >= 11 is 13.5. The third kappa shape index (κ3) is 6.74. The van der Waals surface area contributed by atoms with Gasteiger partial charge in [-0.3, -0.25) is 9.59 Å². The van der Waals surface area contributed by atoms with Crippen molar-refractivity contribution in [2.75, 3.05) is 5.75 Å². The molecule has 0 bridgehead atoms.